The number of likely N-dealkylation sites (tertiary alicyclic amines) is 2. The minimum atomic E-state index is -0.831. The smallest absolute Gasteiger partial charge is 0.233 e. The summed E-state index contributed by atoms with van der Waals surface area (Å²) in [4.78, 5) is 41.9. The molecule has 1 aliphatic carbocycles. The van der Waals surface area contributed by atoms with E-state index in [0.29, 0.717) is 19.5 Å². The van der Waals surface area contributed by atoms with Crippen molar-refractivity contribution in [1.29, 1.82) is 0 Å². The quantitative estimate of drug-likeness (QED) is 0.838. The summed E-state index contributed by atoms with van der Waals surface area (Å²) in [7, 11) is 0. The fourth-order valence-corrected chi connectivity index (χ4v) is 4.52. The summed E-state index contributed by atoms with van der Waals surface area (Å²) in [5.41, 5.74) is 0.236. The lowest BCUT2D eigenvalue weighted by Gasteiger charge is -2.47. The van der Waals surface area contributed by atoms with Gasteiger partial charge in [-0.3, -0.25) is 14.4 Å². The van der Waals surface area contributed by atoms with Crippen LogP contribution in [-0.2, 0) is 20.9 Å². The van der Waals surface area contributed by atoms with Crippen molar-refractivity contribution in [3.63, 3.8) is 0 Å². The zero-order valence-corrected chi connectivity index (χ0v) is 14.9. The summed E-state index contributed by atoms with van der Waals surface area (Å²) in [6.07, 6.45) is 5.80. The fraction of sp³-hybridized carbons (Fsp3) is 0.476. The molecule has 2 atom stereocenters. The first-order valence-electron chi connectivity index (χ1n) is 9.42. The second-order valence-electron chi connectivity index (χ2n) is 7.68. The van der Waals surface area contributed by atoms with Crippen molar-refractivity contribution < 1.29 is 14.4 Å². The van der Waals surface area contributed by atoms with E-state index >= 15 is 0 Å². The van der Waals surface area contributed by atoms with Crippen molar-refractivity contribution in [3.05, 3.63) is 48.0 Å². The summed E-state index contributed by atoms with van der Waals surface area (Å²) in [6, 6.07) is 9.86. The molecule has 1 aromatic rings. The molecule has 2 heterocycles. The summed E-state index contributed by atoms with van der Waals surface area (Å²) in [6.45, 7) is 2.51. The van der Waals surface area contributed by atoms with Crippen LogP contribution in [0.4, 0.5) is 0 Å². The first-order valence-corrected chi connectivity index (χ1v) is 9.42. The van der Waals surface area contributed by atoms with Crippen LogP contribution in [0.5, 0.6) is 0 Å². The Bertz CT molecular complexity index is 752. The molecule has 0 N–H and O–H groups in total. The number of ketones is 1. The number of nitrogens with zero attached hydrogens (tertiary/aromatic N) is 2. The lowest BCUT2D eigenvalue weighted by atomic mass is 9.64. The van der Waals surface area contributed by atoms with E-state index in [2.05, 4.69) is 0 Å². The predicted molar refractivity (Wildman–Crippen MR) is 97.0 cm³/mol. The number of rotatable bonds is 3. The highest BCUT2D eigenvalue weighted by Crippen LogP contribution is 2.45. The molecule has 5 heteroatoms. The molecule has 0 aromatic heterocycles. The Balaban J connectivity index is 1.60. The van der Waals surface area contributed by atoms with Gasteiger partial charge in [0, 0.05) is 44.9 Å². The van der Waals surface area contributed by atoms with Crippen LogP contribution in [0.2, 0.25) is 0 Å². The van der Waals surface area contributed by atoms with Crippen molar-refractivity contribution in [2.45, 2.75) is 32.2 Å². The molecule has 3 aliphatic rings. The van der Waals surface area contributed by atoms with Gasteiger partial charge < -0.3 is 9.80 Å². The molecule has 0 saturated carbocycles. The molecular formula is C21H24N2O3. The van der Waals surface area contributed by atoms with E-state index in [1.54, 1.807) is 6.08 Å². The third-order valence-electron chi connectivity index (χ3n) is 5.99. The van der Waals surface area contributed by atoms with Gasteiger partial charge in [-0.25, -0.2) is 0 Å². The molecule has 2 saturated heterocycles. The van der Waals surface area contributed by atoms with Crippen molar-refractivity contribution in [1.82, 2.24) is 9.80 Å². The average Bonchev–Trinajstić information content (AvgIpc) is 3.18. The zero-order chi connectivity index (χ0) is 18.1. The average molecular weight is 352 g/mol. The molecular weight excluding hydrogens is 328 g/mol. The highest BCUT2D eigenvalue weighted by atomic mass is 16.2. The highest BCUT2D eigenvalue weighted by molar-refractivity contribution is 5.98. The number of allylic oxidation sites excluding steroid dienone is 1. The van der Waals surface area contributed by atoms with Gasteiger partial charge in [-0.2, -0.15) is 0 Å². The van der Waals surface area contributed by atoms with Gasteiger partial charge >= 0.3 is 0 Å². The molecule has 0 spiro atoms. The number of piperidine rings is 1. The maximum Gasteiger partial charge on any atom is 0.233 e. The Labute approximate surface area is 153 Å². The monoisotopic (exact) mass is 352 g/mol. The molecule has 26 heavy (non-hydrogen) atoms. The van der Waals surface area contributed by atoms with Crippen LogP contribution in [-0.4, -0.2) is 47.0 Å². The Morgan fingerprint density at radius 2 is 1.85 bits per heavy atom. The van der Waals surface area contributed by atoms with Gasteiger partial charge in [-0.1, -0.05) is 36.4 Å². The third kappa shape index (κ3) is 2.96. The van der Waals surface area contributed by atoms with E-state index in [0.717, 1.165) is 31.5 Å². The van der Waals surface area contributed by atoms with Crippen LogP contribution >= 0.6 is 0 Å². The van der Waals surface area contributed by atoms with Crippen molar-refractivity contribution >= 4 is 17.6 Å². The lowest BCUT2D eigenvalue weighted by Crippen LogP contribution is -2.57. The summed E-state index contributed by atoms with van der Waals surface area (Å²) >= 11 is 0. The Hall–Kier alpha value is -2.43. The minimum Gasteiger partial charge on any atom is -0.342 e. The lowest BCUT2D eigenvalue weighted by molar-refractivity contribution is -0.156. The molecule has 136 valence electrons. The second kappa shape index (κ2) is 6.71. The number of benzene rings is 1. The predicted octanol–water partition coefficient (Wildman–Crippen LogP) is 2.17. The Morgan fingerprint density at radius 3 is 2.58 bits per heavy atom. The molecule has 0 radical (unpaired) electrons. The van der Waals surface area contributed by atoms with Gasteiger partial charge in [0.1, 0.15) is 0 Å². The van der Waals surface area contributed by atoms with Gasteiger partial charge in [0.2, 0.25) is 11.8 Å². The van der Waals surface area contributed by atoms with Crippen molar-refractivity contribution in [3.8, 4) is 0 Å². The molecule has 1 aromatic carbocycles. The largest absolute Gasteiger partial charge is 0.342 e. The summed E-state index contributed by atoms with van der Waals surface area (Å²) in [5, 5.41) is 0. The van der Waals surface area contributed by atoms with Crippen molar-refractivity contribution in [2.75, 3.05) is 19.6 Å². The molecule has 2 amide bonds. The first kappa shape index (κ1) is 17.0. The number of carbonyl (C=O) groups excluding carboxylic acids is 3. The number of carbonyl (C=O) groups is 3. The van der Waals surface area contributed by atoms with E-state index in [1.807, 2.05) is 40.1 Å². The molecule has 2 aliphatic heterocycles. The maximum absolute atomic E-state index is 13.3. The maximum atomic E-state index is 13.3. The van der Waals surface area contributed by atoms with Crippen LogP contribution in [0.3, 0.4) is 0 Å². The van der Waals surface area contributed by atoms with Crippen molar-refractivity contribution in [2.24, 2.45) is 11.3 Å². The number of hydrogen-bond donors (Lipinski definition) is 0. The van der Waals surface area contributed by atoms with Gasteiger partial charge in [0.05, 0.1) is 5.41 Å². The van der Waals surface area contributed by atoms with Crippen LogP contribution in [0, 0.1) is 11.3 Å². The standard InChI is InChI=1S/C21H24N2O3/c24-18-8-9-21(20(26)22-10-4-5-11-22)13-19(25)23(15-17(21)12-18)14-16-6-2-1-3-7-16/h1-3,6-9,17H,4-5,10-15H2/t17-,21-/m0/s1. The minimum absolute atomic E-state index is 0.00310. The molecule has 0 bridgehead atoms. The Morgan fingerprint density at radius 1 is 1.12 bits per heavy atom. The summed E-state index contributed by atoms with van der Waals surface area (Å²) in [5.74, 6) is -0.0449. The normalized spacial score (nSPS) is 28.4. The van der Waals surface area contributed by atoms with Gasteiger partial charge in [-0.05, 0) is 24.5 Å². The van der Waals surface area contributed by atoms with Gasteiger partial charge in [-0.15, -0.1) is 0 Å². The number of fused-ring (bicyclic) bond motifs is 1. The SMILES string of the molecule is O=C1C=C[C@]2(C(=O)N3CCCC3)CC(=O)N(Cc3ccccc3)C[C@@H]2C1. The van der Waals surface area contributed by atoms with E-state index in [4.69, 9.17) is 0 Å². The molecule has 0 unspecified atom stereocenters. The Kier molecular flexibility index (Phi) is 4.39. The van der Waals surface area contributed by atoms with E-state index < -0.39 is 5.41 Å². The summed E-state index contributed by atoms with van der Waals surface area (Å²) < 4.78 is 0. The highest BCUT2D eigenvalue weighted by Gasteiger charge is 2.53. The van der Waals surface area contributed by atoms with E-state index in [1.165, 1.54) is 6.08 Å². The zero-order valence-electron chi connectivity index (χ0n) is 14.9. The van der Waals surface area contributed by atoms with E-state index in [-0.39, 0.29) is 29.9 Å². The first-order chi connectivity index (χ1) is 12.6. The topological polar surface area (TPSA) is 57.7 Å². The van der Waals surface area contributed by atoms with Crippen LogP contribution in [0.25, 0.3) is 0 Å². The number of hydrogen-bond acceptors (Lipinski definition) is 3. The second-order valence-corrected chi connectivity index (χ2v) is 7.68. The van der Waals surface area contributed by atoms with Crippen LogP contribution in [0.15, 0.2) is 42.5 Å². The molecule has 5 nitrogen and oxygen atoms in total. The number of amides is 2. The molecule has 4 rings (SSSR count). The molecule has 2 fully saturated rings. The van der Waals surface area contributed by atoms with Gasteiger partial charge in [0.15, 0.2) is 5.78 Å². The van der Waals surface area contributed by atoms with Crippen LogP contribution in [0.1, 0.15) is 31.2 Å². The van der Waals surface area contributed by atoms with E-state index in [9.17, 15) is 14.4 Å². The van der Waals surface area contributed by atoms with Crippen LogP contribution < -0.4 is 0 Å². The fourth-order valence-electron chi connectivity index (χ4n) is 4.52. The van der Waals surface area contributed by atoms with Gasteiger partial charge in [0.25, 0.3) is 0 Å². The third-order valence-corrected chi connectivity index (χ3v) is 5.99.